The lowest BCUT2D eigenvalue weighted by molar-refractivity contribution is -0.0569. The zero-order valence-electron chi connectivity index (χ0n) is 66.3. The minimum atomic E-state index is -4.69. The highest BCUT2D eigenvalue weighted by Crippen LogP contribution is 2.58. The van der Waals surface area contributed by atoms with Crippen molar-refractivity contribution in [3.05, 3.63) is 109 Å². The molecule has 0 spiro atoms. The van der Waals surface area contributed by atoms with Crippen LogP contribution in [0.1, 0.15) is 100 Å². The maximum absolute atomic E-state index is 13.6. The number of ether oxygens (including phenoxy) is 6. The van der Waals surface area contributed by atoms with Crippen LogP contribution in [0.3, 0.4) is 0 Å². The Labute approximate surface area is 744 Å². The predicted octanol–water partition coefficient (Wildman–Crippen LogP) is 1.45. The van der Waals surface area contributed by atoms with Crippen LogP contribution in [0, 0.1) is 13.8 Å². The highest BCUT2D eigenvalue weighted by molar-refractivity contribution is 8.08. The fourth-order valence-corrected chi connectivity index (χ4v) is 23.4. The second-order valence-electron chi connectivity index (χ2n) is 29.4. The molecule has 0 bridgehead atoms. The van der Waals surface area contributed by atoms with Crippen LogP contribution in [-0.2, 0) is 154 Å². The summed E-state index contributed by atoms with van der Waals surface area (Å²) in [5.74, 6) is -0.0739. The molecule has 127 heavy (non-hydrogen) atoms. The Morgan fingerprint density at radius 1 is 0.386 bits per heavy atom. The number of aromatic amines is 2. The van der Waals surface area contributed by atoms with Crippen LogP contribution < -0.4 is 51.2 Å². The molecule has 6 aliphatic rings. The Kier molecular flexibility index (Phi) is 27.7. The van der Waals surface area contributed by atoms with Crippen LogP contribution in [0.15, 0.2) is 75.9 Å². The number of imidazole rings is 4. The first-order chi connectivity index (χ1) is 60.2. The molecule has 16 rings (SSSR count). The molecule has 6 aliphatic heterocycles. The molecule has 0 aliphatic carbocycles. The van der Waals surface area contributed by atoms with Gasteiger partial charge in [-0.3, -0.25) is 47.0 Å². The van der Waals surface area contributed by atoms with Gasteiger partial charge in [0.2, 0.25) is 5.95 Å². The van der Waals surface area contributed by atoms with E-state index in [4.69, 9.17) is 182 Å². The fourth-order valence-electron chi connectivity index (χ4n) is 15.0. The minimum Gasteiger partial charge on any atom is -0.383 e. The molecule has 0 radical (unpaired) electrons. The lowest BCUT2D eigenvalue weighted by atomic mass is 10.1. The summed E-state index contributed by atoms with van der Waals surface area (Å²) in [5, 5.41) is 0. The molecular weight excluding hydrogens is 1920 g/mol. The molecule has 24 atom stereocenters. The van der Waals surface area contributed by atoms with Gasteiger partial charge in [0.15, 0.2) is 45.6 Å². The topological polar surface area (TPSA) is 702 Å². The van der Waals surface area contributed by atoms with Crippen LogP contribution in [0.5, 0.6) is 0 Å². The number of rotatable bonds is 35. The summed E-state index contributed by atoms with van der Waals surface area (Å²) in [6.45, 7) is -25.0. The largest absolute Gasteiger partial charge is 0.383 e. The van der Waals surface area contributed by atoms with E-state index >= 15 is 0 Å². The van der Waals surface area contributed by atoms with Gasteiger partial charge < -0.3 is 141 Å². The lowest BCUT2D eigenvalue weighted by Gasteiger charge is -2.28. The van der Waals surface area contributed by atoms with E-state index in [-0.39, 0.29) is 107 Å². The second kappa shape index (κ2) is 37.5. The van der Waals surface area contributed by atoms with E-state index in [0.29, 0.717) is 23.1 Å². The quantitative estimate of drug-likeness (QED) is 0.0250. The summed E-state index contributed by atoms with van der Waals surface area (Å²) in [5.41, 5.74) is 29.1. The van der Waals surface area contributed by atoms with Gasteiger partial charge >= 0.3 is 51.7 Å². The van der Waals surface area contributed by atoms with E-state index in [1.807, 2.05) is 6.92 Å². The molecule has 16 heterocycles. The maximum atomic E-state index is 13.6. The normalized spacial score (nSPS) is 29.3. The zero-order valence-corrected chi connectivity index (χ0v) is 76.6. The van der Waals surface area contributed by atoms with Crippen LogP contribution in [0.25, 0.3) is 44.7 Å². The first kappa shape index (κ1) is 93.7. The van der Waals surface area contributed by atoms with Gasteiger partial charge in [-0.2, -0.15) is 9.97 Å². The summed E-state index contributed by atoms with van der Waals surface area (Å²) in [7, 11) is 1.15. The van der Waals surface area contributed by atoms with Crippen LogP contribution >= 0.6 is 40.3 Å². The number of nitrogens with one attached hydrogen (secondary N) is 2. The van der Waals surface area contributed by atoms with Gasteiger partial charge in [-0.05, 0) is 91.1 Å². The van der Waals surface area contributed by atoms with Crippen molar-refractivity contribution in [2.75, 3.05) is 68.8 Å². The van der Waals surface area contributed by atoms with Gasteiger partial charge in [0, 0.05) is 69.2 Å². The number of H-pyrrole nitrogens is 2. The van der Waals surface area contributed by atoms with E-state index in [2.05, 4.69) is 69.8 Å². The predicted molar refractivity (Wildman–Crippen MR) is 462 cm³/mol. The van der Waals surface area contributed by atoms with E-state index in [9.17, 15) is 48.5 Å². The van der Waals surface area contributed by atoms with Crippen LogP contribution in [0.4, 0.5) is 29.2 Å². The van der Waals surface area contributed by atoms with Gasteiger partial charge in [0.25, 0.3) is 11.1 Å². The summed E-state index contributed by atoms with van der Waals surface area (Å²) in [4.78, 5) is 179. The number of nitrogens with two attached hydrogens (primary N) is 5. The van der Waals surface area contributed by atoms with Gasteiger partial charge in [-0.1, -0.05) is 6.92 Å². The summed E-state index contributed by atoms with van der Waals surface area (Å²) >= 11 is 33.5. The van der Waals surface area contributed by atoms with Crippen molar-refractivity contribution < 1.29 is 112 Å². The molecule has 0 aromatic carbocycles. The number of anilines is 5. The third-order valence-electron chi connectivity index (χ3n) is 21.1. The Morgan fingerprint density at radius 2 is 0.693 bits per heavy atom. The molecule has 65 heteroatoms. The summed E-state index contributed by atoms with van der Waals surface area (Å²) in [6, 6.07) is 0. The number of nitrogen functional groups attached to an aromatic ring is 5. The molecule has 10 aromatic heterocycles. The minimum absolute atomic E-state index is 0.00274. The van der Waals surface area contributed by atoms with Crippen molar-refractivity contribution in [3.63, 3.8) is 0 Å². The van der Waals surface area contributed by atoms with E-state index < -0.39 is 206 Å². The smallest absolute Gasteiger partial charge is 0.351 e. The third-order valence-corrected chi connectivity index (χ3v) is 30.8. The summed E-state index contributed by atoms with van der Waals surface area (Å²) < 4.78 is 119. The first-order valence-electron chi connectivity index (χ1n) is 38.1. The Hall–Kier alpha value is -6.50. The number of hydrogen-bond acceptors (Lipinski definition) is 45. The Bertz CT molecular complexity index is 6400. The van der Waals surface area contributed by atoms with E-state index in [1.54, 1.807) is 11.5 Å². The Morgan fingerprint density at radius 3 is 1.05 bits per heavy atom. The number of aromatic nitrogens is 20. The molecule has 688 valence electrons. The van der Waals surface area contributed by atoms with Crippen molar-refractivity contribution in [1.82, 2.24) is 97.2 Å². The van der Waals surface area contributed by atoms with Crippen LogP contribution in [-0.4, -0.2) is 240 Å². The SMILES string of the molecule is CC[C@H]1O[C@@H](n2cnc3c(N)ncnc32)C[C@H]1OP(O)(=S)OC[C@H]1O[C@@H](n2cnc3c(N)ncnc32)C[C@H]1OP(O)(=S)OC[C@H]1O[C@@H](n2cc(C)c(=O)[nH]c2=O)C[C@H]1OP(O)(=S)OC[C@H]1O[C@@H](n2cc(C)c(N)nc2=O)C[C@H]1OP(O)(=S)OC[C@H]1O[C@@H](n2cnc3c(=O)[nH]c(N)nc32)C[C@H]1OP(O)(=S)OC[C@H]1O[C@@H](n2cnc3c(N)ncnc32)C[C@H]1OP(O)(=S)OC. The molecule has 0 amide bonds. The molecule has 0 saturated carbocycles. The molecular formula is C62H81N25O28P6S6. The number of fused-ring (bicyclic) bond motifs is 4. The highest BCUT2D eigenvalue weighted by Gasteiger charge is 2.51. The molecule has 6 fully saturated rings. The fraction of sp³-hybridized carbons (Fsp3) is 0.548. The van der Waals surface area contributed by atoms with Crippen molar-refractivity contribution in [2.45, 2.75) is 176 Å². The standard InChI is InChI=1S/C62H81N25O28P6S6/c1-5-28-29(6-42(104-28)84-22-74-46-51(64)68-19-71-54(46)84)111-117(93,123)99-17-38-33(10-44(108-38)86-24-76-48-53(66)70-21-73-56(48)86)114-121(97,127)102-16-37-32(8-41(106-37)83-13-27(3)58(88)81-62(83)91)113-118(94,124)101-15-36-31(7-40(105-36)82-12-26(2)50(63)78-61(82)90)112-119(95,125)103-18-39-34(11-45(109-39)87-25-77-49-57(87)79-60(67)80-59(49)89)115-120(96,126)100-14-35-30(110-116(92,122)98-4)9-43(107-35)85-23-75-47-52(65)69-20-72-55(47)85/h12-13,19-25,28-45H,5-11,14-18H2,1-4H3,(H,92,122)(H,93,123)(H,94,124)(H,95,125)(H,96,126)(H,97,127)(H2,63,78,90)(H2,64,68,71)(H2,65,69,72)(H2,66,70,73)(H,81,88,91)(H3,67,79,80,89)/t28-,29-,30-,31-,32-,33-,34-,35-,36-,37-,38-,39-,40-,41-,42-,43-,44-,45-,116?,117?,118?,119?,120?,121?/m1/s1. The van der Waals surface area contributed by atoms with Gasteiger partial charge in [0.1, 0.15) is 109 Å². The number of nitrogens with zero attached hydrogens (tertiary/aromatic N) is 18. The average molecular weight is 2000 g/mol. The zero-order chi connectivity index (χ0) is 90.3. The number of aryl methyl sites for hydroxylation is 2. The molecule has 53 nitrogen and oxygen atoms in total. The molecule has 10 aromatic rings. The summed E-state index contributed by atoms with van der Waals surface area (Å²) in [6.07, 6.45) is -9.58. The lowest BCUT2D eigenvalue weighted by Crippen LogP contribution is -2.33. The van der Waals surface area contributed by atoms with Crippen molar-refractivity contribution >= 4 is 185 Å². The van der Waals surface area contributed by atoms with E-state index in [1.165, 1.54) is 77.3 Å². The van der Waals surface area contributed by atoms with Crippen molar-refractivity contribution in [2.24, 2.45) is 0 Å². The van der Waals surface area contributed by atoms with Crippen molar-refractivity contribution in [1.29, 1.82) is 0 Å². The molecule has 6 unspecified atom stereocenters. The van der Waals surface area contributed by atoms with Crippen molar-refractivity contribution in [3.8, 4) is 0 Å². The number of hydrogen-bond donors (Lipinski definition) is 13. The third kappa shape index (κ3) is 21.0. The van der Waals surface area contributed by atoms with Gasteiger partial charge in [-0.15, -0.1) is 0 Å². The Balaban J connectivity index is 0.609. The van der Waals surface area contributed by atoms with E-state index in [0.717, 1.165) is 16.2 Å². The van der Waals surface area contributed by atoms with Gasteiger partial charge in [-0.25, -0.2) is 59.4 Å². The van der Waals surface area contributed by atoms with Crippen LogP contribution in [0.2, 0.25) is 0 Å². The average Bonchev–Trinajstić information content (AvgIpc) is 1.66. The second-order valence-corrected chi connectivity index (χ2v) is 46.3. The van der Waals surface area contributed by atoms with Gasteiger partial charge in [0.05, 0.1) is 101 Å². The maximum Gasteiger partial charge on any atom is 0.351 e. The molecule has 18 N–H and O–H groups in total. The first-order valence-corrected chi connectivity index (χ1v) is 53.7. The molecule has 6 saturated heterocycles. The monoisotopic (exact) mass is 2000 g/mol. The highest BCUT2D eigenvalue weighted by atomic mass is 32.5.